The van der Waals surface area contributed by atoms with Gasteiger partial charge in [0.15, 0.2) is 0 Å². The van der Waals surface area contributed by atoms with Crippen molar-refractivity contribution in [1.29, 1.82) is 0 Å². The van der Waals surface area contributed by atoms with E-state index in [0.717, 1.165) is 39.0 Å². The Hall–Kier alpha value is -0.610. The third-order valence-corrected chi connectivity index (χ3v) is 3.42. The maximum absolute atomic E-state index is 11.8. The highest BCUT2D eigenvalue weighted by Gasteiger charge is 2.47. The Labute approximate surface area is 84.6 Å². The number of nitrogens with zero attached hydrogens (tertiary/aromatic N) is 1. The van der Waals surface area contributed by atoms with Crippen LogP contribution in [0.3, 0.4) is 0 Å². The molecule has 0 aromatic heterocycles. The lowest BCUT2D eigenvalue weighted by Crippen LogP contribution is -2.67. The molecular formula is C10H18N2O2. The summed E-state index contributed by atoms with van der Waals surface area (Å²) in [6.45, 7) is 3.74. The summed E-state index contributed by atoms with van der Waals surface area (Å²) < 4.78 is 4.93. The topological polar surface area (TPSA) is 41.6 Å². The molecular weight excluding hydrogens is 180 g/mol. The van der Waals surface area contributed by atoms with E-state index in [9.17, 15) is 4.79 Å². The number of piperazine rings is 1. The van der Waals surface area contributed by atoms with Gasteiger partial charge in [0.25, 0.3) is 0 Å². The van der Waals surface area contributed by atoms with Gasteiger partial charge in [-0.1, -0.05) is 0 Å². The lowest BCUT2D eigenvalue weighted by molar-refractivity contribution is -0.159. The van der Waals surface area contributed by atoms with Crippen LogP contribution < -0.4 is 5.32 Å². The van der Waals surface area contributed by atoms with Gasteiger partial charge in [0.05, 0.1) is 7.11 Å². The van der Waals surface area contributed by atoms with Crippen molar-refractivity contribution in [1.82, 2.24) is 10.2 Å². The molecule has 2 aliphatic heterocycles. The fourth-order valence-corrected chi connectivity index (χ4v) is 2.62. The molecule has 2 rings (SSSR count). The molecule has 4 heteroatoms. The maximum atomic E-state index is 11.8. The van der Waals surface area contributed by atoms with Gasteiger partial charge in [-0.3, -0.25) is 4.90 Å². The fourth-order valence-electron chi connectivity index (χ4n) is 2.62. The van der Waals surface area contributed by atoms with Crippen molar-refractivity contribution in [2.45, 2.75) is 24.8 Å². The third-order valence-electron chi connectivity index (χ3n) is 3.42. The first-order chi connectivity index (χ1) is 6.79. The van der Waals surface area contributed by atoms with E-state index in [1.807, 2.05) is 0 Å². The van der Waals surface area contributed by atoms with E-state index in [-0.39, 0.29) is 11.5 Å². The molecule has 2 heterocycles. The SMILES string of the molecule is COC(=O)C12CCCCN1CCNC2. The number of rotatable bonds is 1. The highest BCUT2D eigenvalue weighted by Crippen LogP contribution is 2.30. The zero-order chi connectivity index (χ0) is 10.0. The zero-order valence-electron chi connectivity index (χ0n) is 8.71. The summed E-state index contributed by atoms with van der Waals surface area (Å²) in [5, 5.41) is 3.30. The lowest BCUT2D eigenvalue weighted by atomic mass is 9.85. The molecule has 0 radical (unpaired) electrons. The van der Waals surface area contributed by atoms with Crippen LogP contribution in [0.1, 0.15) is 19.3 Å². The first kappa shape index (κ1) is 9.93. The molecule has 2 aliphatic rings. The molecule has 1 unspecified atom stereocenters. The largest absolute Gasteiger partial charge is 0.468 e. The van der Waals surface area contributed by atoms with Crippen molar-refractivity contribution in [3.63, 3.8) is 0 Å². The van der Waals surface area contributed by atoms with Gasteiger partial charge >= 0.3 is 5.97 Å². The number of carbonyl (C=O) groups excluding carboxylic acids is 1. The smallest absolute Gasteiger partial charge is 0.327 e. The normalized spacial score (nSPS) is 33.5. The molecule has 1 atom stereocenters. The number of hydrogen-bond donors (Lipinski definition) is 1. The molecule has 2 saturated heterocycles. The molecule has 2 fully saturated rings. The molecule has 0 amide bonds. The Morgan fingerprint density at radius 2 is 2.29 bits per heavy atom. The van der Waals surface area contributed by atoms with Crippen LogP contribution in [0.2, 0.25) is 0 Å². The highest BCUT2D eigenvalue weighted by molar-refractivity contribution is 5.81. The Kier molecular flexibility index (Phi) is 2.74. The van der Waals surface area contributed by atoms with Gasteiger partial charge in [-0.2, -0.15) is 0 Å². The van der Waals surface area contributed by atoms with E-state index >= 15 is 0 Å². The molecule has 0 aliphatic carbocycles. The summed E-state index contributed by atoms with van der Waals surface area (Å²) in [6, 6.07) is 0. The van der Waals surface area contributed by atoms with E-state index < -0.39 is 0 Å². The number of hydrogen-bond acceptors (Lipinski definition) is 4. The summed E-state index contributed by atoms with van der Waals surface area (Å²) in [5.41, 5.74) is -0.356. The van der Waals surface area contributed by atoms with E-state index in [1.165, 1.54) is 13.5 Å². The molecule has 1 N–H and O–H groups in total. The van der Waals surface area contributed by atoms with Crippen LogP contribution in [0.25, 0.3) is 0 Å². The van der Waals surface area contributed by atoms with Crippen LogP contribution in [0.4, 0.5) is 0 Å². The van der Waals surface area contributed by atoms with Crippen LogP contribution in [0, 0.1) is 0 Å². The minimum Gasteiger partial charge on any atom is -0.468 e. The summed E-state index contributed by atoms with van der Waals surface area (Å²) in [5.74, 6) is -0.0654. The predicted octanol–water partition coefficient (Wildman–Crippen LogP) is -0.0127. The molecule has 0 aromatic rings. The highest BCUT2D eigenvalue weighted by atomic mass is 16.5. The monoisotopic (exact) mass is 198 g/mol. The lowest BCUT2D eigenvalue weighted by Gasteiger charge is -2.47. The molecule has 0 spiro atoms. The second kappa shape index (κ2) is 3.87. The van der Waals surface area contributed by atoms with Crippen LogP contribution in [0.15, 0.2) is 0 Å². The minimum atomic E-state index is -0.356. The van der Waals surface area contributed by atoms with Crippen LogP contribution >= 0.6 is 0 Å². The van der Waals surface area contributed by atoms with Gasteiger partial charge in [-0.25, -0.2) is 4.79 Å². The quantitative estimate of drug-likeness (QED) is 0.602. The Balaban J connectivity index is 2.20. The zero-order valence-corrected chi connectivity index (χ0v) is 8.71. The first-order valence-electron chi connectivity index (χ1n) is 5.34. The first-order valence-corrected chi connectivity index (χ1v) is 5.34. The summed E-state index contributed by atoms with van der Waals surface area (Å²) in [7, 11) is 1.48. The van der Waals surface area contributed by atoms with Gasteiger partial charge in [-0.05, 0) is 25.8 Å². The third kappa shape index (κ3) is 1.42. The van der Waals surface area contributed by atoms with E-state index in [1.54, 1.807) is 0 Å². The molecule has 0 bridgehead atoms. The molecule has 14 heavy (non-hydrogen) atoms. The van der Waals surface area contributed by atoms with E-state index in [2.05, 4.69) is 10.2 Å². The van der Waals surface area contributed by atoms with Crippen LogP contribution in [-0.2, 0) is 9.53 Å². The van der Waals surface area contributed by atoms with Gasteiger partial charge in [0, 0.05) is 19.6 Å². The Morgan fingerprint density at radius 3 is 3.07 bits per heavy atom. The standard InChI is InChI=1S/C10H18N2O2/c1-14-9(13)10-4-2-3-6-12(10)7-5-11-8-10/h11H,2-8H2,1H3. The Bertz CT molecular complexity index is 218. The van der Waals surface area contributed by atoms with Gasteiger partial charge < -0.3 is 10.1 Å². The number of piperidine rings is 1. The number of methoxy groups -OCH3 is 1. The molecule has 4 nitrogen and oxygen atoms in total. The average molecular weight is 198 g/mol. The minimum absolute atomic E-state index is 0.0654. The van der Waals surface area contributed by atoms with Crippen molar-refractivity contribution in [3.05, 3.63) is 0 Å². The summed E-state index contributed by atoms with van der Waals surface area (Å²) in [6.07, 6.45) is 3.28. The number of carbonyl (C=O) groups is 1. The van der Waals surface area contributed by atoms with Gasteiger partial charge in [-0.15, -0.1) is 0 Å². The maximum Gasteiger partial charge on any atom is 0.327 e. The van der Waals surface area contributed by atoms with Crippen molar-refractivity contribution in [2.75, 3.05) is 33.3 Å². The van der Waals surface area contributed by atoms with E-state index in [0.29, 0.717) is 0 Å². The van der Waals surface area contributed by atoms with Crippen molar-refractivity contribution in [3.8, 4) is 0 Å². The van der Waals surface area contributed by atoms with Crippen molar-refractivity contribution in [2.24, 2.45) is 0 Å². The van der Waals surface area contributed by atoms with Gasteiger partial charge in [0.2, 0.25) is 0 Å². The number of esters is 1. The molecule has 0 aromatic carbocycles. The second-order valence-electron chi connectivity index (χ2n) is 4.14. The number of ether oxygens (including phenoxy) is 1. The van der Waals surface area contributed by atoms with Crippen LogP contribution in [0.5, 0.6) is 0 Å². The van der Waals surface area contributed by atoms with Crippen molar-refractivity contribution >= 4 is 5.97 Å². The predicted molar refractivity (Wildman–Crippen MR) is 53.0 cm³/mol. The summed E-state index contributed by atoms with van der Waals surface area (Å²) >= 11 is 0. The van der Waals surface area contributed by atoms with Crippen LogP contribution in [-0.4, -0.2) is 49.7 Å². The van der Waals surface area contributed by atoms with Crippen molar-refractivity contribution < 1.29 is 9.53 Å². The van der Waals surface area contributed by atoms with E-state index in [4.69, 9.17) is 4.74 Å². The number of fused-ring (bicyclic) bond motifs is 1. The Morgan fingerprint density at radius 1 is 1.43 bits per heavy atom. The average Bonchev–Trinajstić information content (AvgIpc) is 2.28. The fraction of sp³-hybridized carbons (Fsp3) is 0.900. The molecule has 80 valence electrons. The second-order valence-corrected chi connectivity index (χ2v) is 4.14. The van der Waals surface area contributed by atoms with Gasteiger partial charge in [0.1, 0.15) is 5.54 Å². The molecule has 0 saturated carbocycles. The number of nitrogens with one attached hydrogen (secondary N) is 1. The summed E-state index contributed by atoms with van der Waals surface area (Å²) in [4.78, 5) is 14.1.